The van der Waals surface area contributed by atoms with E-state index in [1.165, 1.54) is 19.5 Å². The molecule has 2 unspecified atom stereocenters. The van der Waals surface area contributed by atoms with Crippen LogP contribution in [-0.2, 0) is 16.0 Å². The Kier molecular flexibility index (Phi) is 6.54. The smallest absolute Gasteiger partial charge is 0.167 e. The van der Waals surface area contributed by atoms with Crippen LogP contribution in [0.3, 0.4) is 0 Å². The Morgan fingerprint density at radius 1 is 1.36 bits per heavy atom. The summed E-state index contributed by atoms with van der Waals surface area (Å²) in [5.41, 5.74) is 1.53. The number of methoxy groups -OCH3 is 1. The van der Waals surface area contributed by atoms with Crippen LogP contribution in [0.15, 0.2) is 24.5 Å². The van der Waals surface area contributed by atoms with Crippen molar-refractivity contribution in [3.63, 3.8) is 0 Å². The van der Waals surface area contributed by atoms with Gasteiger partial charge in [-0.05, 0) is 19.1 Å². The van der Waals surface area contributed by atoms with E-state index in [1.807, 2.05) is 0 Å². The zero-order chi connectivity index (χ0) is 20.3. The number of pyridine rings is 1. The molecule has 148 valence electrons. The normalized spacial score (nSPS) is 16.2. The Bertz CT molecular complexity index is 882. The summed E-state index contributed by atoms with van der Waals surface area (Å²) in [4.78, 5) is 28.6. The molecule has 0 N–H and O–H groups in total. The largest absolute Gasteiger partial charge is 0.493 e. The van der Waals surface area contributed by atoms with Crippen molar-refractivity contribution >= 4 is 35.3 Å². The fourth-order valence-electron chi connectivity index (χ4n) is 3.32. The van der Waals surface area contributed by atoms with Gasteiger partial charge in [-0.3, -0.25) is 9.78 Å². The van der Waals surface area contributed by atoms with Crippen LogP contribution in [0.4, 0.5) is 0 Å². The van der Waals surface area contributed by atoms with Gasteiger partial charge in [-0.2, -0.15) is 0 Å². The molecule has 2 heterocycles. The highest BCUT2D eigenvalue weighted by atomic mass is 35.5. The summed E-state index contributed by atoms with van der Waals surface area (Å²) in [5.74, 6) is 0.336. The highest BCUT2D eigenvalue weighted by Crippen LogP contribution is 2.45. The van der Waals surface area contributed by atoms with Crippen LogP contribution >= 0.6 is 23.2 Å². The van der Waals surface area contributed by atoms with Gasteiger partial charge in [0.25, 0.3) is 0 Å². The lowest BCUT2D eigenvalue weighted by Gasteiger charge is -2.19. The van der Waals surface area contributed by atoms with Crippen LogP contribution in [0, 0.1) is 0 Å². The van der Waals surface area contributed by atoms with Crippen molar-refractivity contribution < 1.29 is 23.8 Å². The molecule has 0 radical (unpaired) electrons. The maximum absolute atomic E-state index is 13.1. The van der Waals surface area contributed by atoms with Crippen LogP contribution in [-0.4, -0.2) is 43.5 Å². The molecule has 1 aromatic heterocycles. The number of carbonyl (C=O) groups excluding carboxylic acids is 2. The van der Waals surface area contributed by atoms with Gasteiger partial charge in [0.1, 0.15) is 12.4 Å². The first-order valence-corrected chi connectivity index (χ1v) is 9.49. The first-order chi connectivity index (χ1) is 13.5. The molecule has 2 atom stereocenters. The van der Waals surface area contributed by atoms with Crippen LogP contribution < -0.4 is 9.47 Å². The Morgan fingerprint density at radius 3 is 2.68 bits per heavy atom. The number of carbonyl (C=O) groups is 2. The maximum atomic E-state index is 13.1. The Morgan fingerprint density at radius 2 is 2.07 bits per heavy atom. The number of Topliss-reactive ketones (excluding diaryl/α,β-unsaturated/α-hetero) is 1. The van der Waals surface area contributed by atoms with Gasteiger partial charge in [-0.25, -0.2) is 0 Å². The molecule has 1 aliphatic heterocycles. The second-order valence-electron chi connectivity index (χ2n) is 6.21. The van der Waals surface area contributed by atoms with E-state index in [0.717, 1.165) is 6.29 Å². The summed E-state index contributed by atoms with van der Waals surface area (Å²) >= 11 is 12.3. The van der Waals surface area contributed by atoms with E-state index in [4.69, 9.17) is 37.4 Å². The summed E-state index contributed by atoms with van der Waals surface area (Å²) in [5, 5.41) is 0.637. The molecule has 28 heavy (non-hydrogen) atoms. The van der Waals surface area contributed by atoms with E-state index in [9.17, 15) is 9.59 Å². The lowest BCUT2D eigenvalue weighted by molar-refractivity contribution is -0.119. The van der Waals surface area contributed by atoms with Crippen LogP contribution in [0.25, 0.3) is 0 Å². The van der Waals surface area contributed by atoms with Crippen LogP contribution in [0.5, 0.6) is 11.5 Å². The Balaban J connectivity index is 2.03. The number of hydrogen-bond acceptors (Lipinski definition) is 6. The molecule has 8 heteroatoms. The number of ketones is 1. The molecule has 0 spiro atoms. The van der Waals surface area contributed by atoms with Crippen molar-refractivity contribution in [2.45, 2.75) is 25.4 Å². The average Bonchev–Trinajstić information content (AvgIpc) is 3.13. The monoisotopic (exact) mass is 423 g/mol. The standard InChI is InChI=1S/C20H19Cl2NO5/c1-3-27-18(9-24)13-10-28-20-17(26-2)5-4-11(19(13)20)16(25)6-12-14(21)7-23-8-15(12)22/h4-5,7-9,13,18H,3,6,10H2,1-2H3. The van der Waals surface area contributed by atoms with Crippen molar-refractivity contribution in [1.82, 2.24) is 4.98 Å². The molecule has 2 aromatic rings. The molecule has 1 aromatic carbocycles. The van der Waals surface area contributed by atoms with Crippen LogP contribution in [0.2, 0.25) is 10.0 Å². The molecule has 0 saturated carbocycles. The third kappa shape index (κ3) is 3.85. The fourth-order valence-corrected chi connectivity index (χ4v) is 3.82. The van der Waals surface area contributed by atoms with Crippen molar-refractivity contribution in [3.8, 4) is 11.5 Å². The number of benzene rings is 1. The highest BCUT2D eigenvalue weighted by molar-refractivity contribution is 6.36. The second-order valence-corrected chi connectivity index (χ2v) is 7.03. The van der Waals surface area contributed by atoms with Gasteiger partial charge in [0.05, 0.1) is 29.7 Å². The molecule has 3 rings (SSSR count). The highest BCUT2D eigenvalue weighted by Gasteiger charge is 2.37. The number of nitrogens with zero attached hydrogens (tertiary/aromatic N) is 1. The lowest BCUT2D eigenvalue weighted by atomic mass is 9.88. The first-order valence-electron chi connectivity index (χ1n) is 8.73. The quantitative estimate of drug-likeness (QED) is 0.473. The van der Waals surface area contributed by atoms with Crippen molar-refractivity contribution in [3.05, 3.63) is 51.3 Å². The number of ether oxygens (including phenoxy) is 3. The van der Waals surface area contributed by atoms with Gasteiger partial charge in [-0.15, -0.1) is 0 Å². The van der Waals surface area contributed by atoms with Gasteiger partial charge in [0.2, 0.25) is 0 Å². The minimum absolute atomic E-state index is 0.00787. The molecule has 0 fully saturated rings. The minimum atomic E-state index is -0.724. The van der Waals surface area contributed by atoms with Crippen molar-refractivity contribution in [2.24, 2.45) is 0 Å². The number of rotatable bonds is 8. The van der Waals surface area contributed by atoms with E-state index in [2.05, 4.69) is 4.98 Å². The summed E-state index contributed by atoms with van der Waals surface area (Å²) < 4.78 is 16.7. The number of halogens is 2. The van der Waals surface area contributed by atoms with E-state index < -0.39 is 12.0 Å². The number of aromatic nitrogens is 1. The SMILES string of the molecule is CCOC(C=O)C1COc2c(OC)ccc(C(=O)Cc3c(Cl)cncc3Cl)c21. The summed E-state index contributed by atoms with van der Waals surface area (Å²) in [7, 11) is 1.52. The Hall–Kier alpha value is -2.15. The number of aldehydes is 1. The van der Waals surface area contributed by atoms with Gasteiger partial charge in [-0.1, -0.05) is 23.2 Å². The van der Waals surface area contributed by atoms with Gasteiger partial charge in [0.15, 0.2) is 17.3 Å². The molecule has 0 saturated heterocycles. The molecule has 0 bridgehead atoms. The first kappa shape index (κ1) is 20.6. The average molecular weight is 424 g/mol. The van der Waals surface area contributed by atoms with E-state index in [1.54, 1.807) is 19.1 Å². The van der Waals surface area contributed by atoms with Crippen molar-refractivity contribution in [2.75, 3.05) is 20.3 Å². The second kappa shape index (κ2) is 8.90. The zero-order valence-corrected chi connectivity index (χ0v) is 16.9. The molecular weight excluding hydrogens is 405 g/mol. The van der Waals surface area contributed by atoms with E-state index in [-0.39, 0.29) is 18.8 Å². The zero-order valence-electron chi connectivity index (χ0n) is 15.4. The molecule has 6 nitrogen and oxygen atoms in total. The minimum Gasteiger partial charge on any atom is -0.493 e. The topological polar surface area (TPSA) is 74.7 Å². The lowest BCUT2D eigenvalue weighted by Crippen LogP contribution is -2.26. The van der Waals surface area contributed by atoms with Gasteiger partial charge < -0.3 is 19.0 Å². The number of hydrogen-bond donors (Lipinski definition) is 0. The van der Waals surface area contributed by atoms with Crippen LogP contribution in [0.1, 0.15) is 34.3 Å². The molecule has 1 aliphatic rings. The van der Waals surface area contributed by atoms with E-state index in [0.29, 0.717) is 44.8 Å². The third-order valence-electron chi connectivity index (χ3n) is 4.64. The summed E-state index contributed by atoms with van der Waals surface area (Å²) in [6, 6.07) is 3.33. The molecule has 0 amide bonds. The fraction of sp³-hybridized carbons (Fsp3) is 0.350. The predicted molar refractivity (Wildman–Crippen MR) is 105 cm³/mol. The molecule has 0 aliphatic carbocycles. The summed E-state index contributed by atoms with van der Waals surface area (Å²) in [6.45, 7) is 2.39. The van der Waals surface area contributed by atoms with Gasteiger partial charge in [0, 0.05) is 42.1 Å². The van der Waals surface area contributed by atoms with Crippen molar-refractivity contribution in [1.29, 1.82) is 0 Å². The maximum Gasteiger partial charge on any atom is 0.167 e. The predicted octanol–water partition coefficient (Wildman–Crippen LogP) is 3.90. The third-order valence-corrected chi connectivity index (χ3v) is 5.29. The summed E-state index contributed by atoms with van der Waals surface area (Å²) in [6.07, 6.45) is 2.89. The molecular formula is C20H19Cl2NO5. The number of fused-ring (bicyclic) bond motifs is 1. The van der Waals surface area contributed by atoms with E-state index >= 15 is 0 Å². The Labute approximate surface area is 172 Å². The van der Waals surface area contributed by atoms with Gasteiger partial charge >= 0.3 is 0 Å².